The summed E-state index contributed by atoms with van der Waals surface area (Å²) in [4.78, 5) is 12.6. The maximum absolute atomic E-state index is 11.1. The summed E-state index contributed by atoms with van der Waals surface area (Å²) in [6.45, 7) is 2.22. The Bertz CT molecular complexity index is 167. The number of nitrogens with one attached hydrogen (secondary N) is 1. The van der Waals surface area contributed by atoms with Crippen LogP contribution in [0.5, 0.6) is 0 Å². The molecule has 0 aromatic heterocycles. The predicted molar refractivity (Wildman–Crippen MR) is 54.2 cm³/mol. The molecule has 0 aromatic rings. The van der Waals surface area contributed by atoms with Crippen LogP contribution in [0.1, 0.15) is 19.3 Å². The lowest BCUT2D eigenvalue weighted by Gasteiger charge is -2.26. The van der Waals surface area contributed by atoms with E-state index in [4.69, 9.17) is 4.74 Å². The van der Waals surface area contributed by atoms with Crippen LogP contribution in [0, 0.1) is 0 Å². The molecule has 0 atom stereocenters. The van der Waals surface area contributed by atoms with E-state index in [-0.39, 0.29) is 12.1 Å². The molecule has 1 rings (SSSR count). The van der Waals surface area contributed by atoms with Crippen LogP contribution in [0.15, 0.2) is 0 Å². The minimum absolute atomic E-state index is 0.0976. The average Bonchev–Trinajstić information content (AvgIpc) is 2.09. The van der Waals surface area contributed by atoms with Gasteiger partial charge in [0.2, 0.25) is 0 Å². The topological polar surface area (TPSA) is 30.7 Å². The summed E-state index contributed by atoms with van der Waals surface area (Å²) < 4.78 is 5.28. The van der Waals surface area contributed by atoms with Crippen molar-refractivity contribution in [2.24, 2.45) is 0 Å². The Morgan fingerprint density at radius 1 is 1.54 bits per heavy atom. The van der Waals surface area contributed by atoms with Gasteiger partial charge >= 0.3 is 5.97 Å². The highest BCUT2D eigenvalue weighted by atomic mass is 32.1. The zero-order valence-corrected chi connectivity index (χ0v) is 8.98. The summed E-state index contributed by atoms with van der Waals surface area (Å²) in [6, 6.07) is 0. The summed E-state index contributed by atoms with van der Waals surface area (Å²) in [6.07, 6.45) is 2.60. The first-order valence-electron chi connectivity index (χ1n) is 4.84. The number of esters is 1. The second-order valence-electron chi connectivity index (χ2n) is 3.62. The van der Waals surface area contributed by atoms with Gasteiger partial charge in [0, 0.05) is 18.6 Å². The Balaban J connectivity index is 2.18. The van der Waals surface area contributed by atoms with Crippen molar-refractivity contribution in [2.75, 3.05) is 25.9 Å². The summed E-state index contributed by atoms with van der Waals surface area (Å²) >= 11 is 3.99. The van der Waals surface area contributed by atoms with Crippen LogP contribution in [-0.4, -0.2) is 38.0 Å². The van der Waals surface area contributed by atoms with Gasteiger partial charge in [-0.2, -0.15) is 12.6 Å². The Kier molecular flexibility index (Phi) is 4.59. The number of likely N-dealkylation sites (tertiary alicyclic amines) is 1. The van der Waals surface area contributed by atoms with Crippen molar-refractivity contribution < 1.29 is 14.4 Å². The normalized spacial score (nSPS) is 28.5. The monoisotopic (exact) mass is 204 g/mol. The van der Waals surface area contributed by atoms with Crippen molar-refractivity contribution in [2.45, 2.75) is 25.4 Å². The molecule has 13 heavy (non-hydrogen) atoms. The van der Waals surface area contributed by atoms with Crippen molar-refractivity contribution >= 4 is 18.6 Å². The van der Waals surface area contributed by atoms with Gasteiger partial charge in [-0.05, 0) is 0 Å². The maximum Gasteiger partial charge on any atom is 0.306 e. The van der Waals surface area contributed by atoms with Gasteiger partial charge in [0.1, 0.15) is 6.10 Å². The number of hydrogen-bond donors (Lipinski definition) is 2. The van der Waals surface area contributed by atoms with Crippen LogP contribution in [-0.2, 0) is 9.53 Å². The van der Waals surface area contributed by atoms with Gasteiger partial charge in [-0.3, -0.25) is 4.79 Å². The van der Waals surface area contributed by atoms with E-state index in [1.165, 1.54) is 4.90 Å². The molecule has 0 aliphatic carbocycles. The van der Waals surface area contributed by atoms with Crippen molar-refractivity contribution in [3.63, 3.8) is 0 Å². The fraction of sp³-hybridized carbons (Fsp3) is 0.889. The molecule has 76 valence electrons. The van der Waals surface area contributed by atoms with Crippen molar-refractivity contribution in [3.8, 4) is 0 Å². The average molecular weight is 204 g/mol. The number of ether oxygens (including phenoxy) is 1. The van der Waals surface area contributed by atoms with Crippen LogP contribution in [0.3, 0.4) is 0 Å². The first-order valence-corrected chi connectivity index (χ1v) is 5.47. The summed E-state index contributed by atoms with van der Waals surface area (Å²) in [5, 5.41) is 0. The van der Waals surface area contributed by atoms with Crippen LogP contribution in [0.2, 0.25) is 0 Å². The zero-order chi connectivity index (χ0) is 9.68. The van der Waals surface area contributed by atoms with Gasteiger partial charge in [0.05, 0.1) is 26.6 Å². The summed E-state index contributed by atoms with van der Waals surface area (Å²) in [5.74, 6) is 0.482. The number of hydrogen-bond acceptors (Lipinski definition) is 3. The second kappa shape index (κ2) is 5.50. The lowest BCUT2D eigenvalue weighted by atomic mass is 10.1. The van der Waals surface area contributed by atoms with E-state index in [9.17, 15) is 4.79 Å². The first kappa shape index (κ1) is 10.9. The van der Waals surface area contributed by atoms with E-state index >= 15 is 0 Å². The van der Waals surface area contributed by atoms with Gasteiger partial charge in [-0.25, -0.2) is 0 Å². The lowest BCUT2D eigenvalue weighted by molar-refractivity contribution is -0.885. The summed E-state index contributed by atoms with van der Waals surface area (Å²) in [7, 11) is 2.17. The van der Waals surface area contributed by atoms with Crippen LogP contribution in [0.4, 0.5) is 0 Å². The van der Waals surface area contributed by atoms with Crippen LogP contribution in [0.25, 0.3) is 0 Å². The number of piperidine rings is 1. The number of carbonyl (C=O) groups excluding carboxylic acids is 1. The number of rotatable bonds is 3. The third-order valence-electron chi connectivity index (χ3n) is 2.40. The highest BCUT2D eigenvalue weighted by Gasteiger charge is 2.22. The van der Waals surface area contributed by atoms with Gasteiger partial charge in [-0.15, -0.1) is 0 Å². The van der Waals surface area contributed by atoms with E-state index in [0.29, 0.717) is 12.2 Å². The third-order valence-corrected chi connectivity index (χ3v) is 2.62. The fourth-order valence-corrected chi connectivity index (χ4v) is 1.72. The molecule has 1 aliphatic rings. The van der Waals surface area contributed by atoms with Gasteiger partial charge in [0.25, 0.3) is 0 Å². The number of quaternary nitrogens is 1. The standard InChI is InChI=1S/C9H17NO2S/c1-10-5-2-8(3-6-10)12-9(11)4-7-13/h8,13H,2-7H2,1H3/p+1. The molecule has 0 aromatic carbocycles. The largest absolute Gasteiger partial charge is 0.462 e. The highest BCUT2D eigenvalue weighted by molar-refractivity contribution is 7.80. The molecule has 0 spiro atoms. The molecule has 1 N–H and O–H groups in total. The Labute approximate surface area is 84.8 Å². The van der Waals surface area contributed by atoms with Crippen LogP contribution < -0.4 is 4.90 Å². The molecule has 3 nitrogen and oxygen atoms in total. The third kappa shape index (κ3) is 4.00. The van der Waals surface area contributed by atoms with Crippen molar-refractivity contribution in [1.82, 2.24) is 0 Å². The van der Waals surface area contributed by atoms with Crippen molar-refractivity contribution in [3.05, 3.63) is 0 Å². The van der Waals surface area contributed by atoms with Crippen LogP contribution >= 0.6 is 12.6 Å². The van der Waals surface area contributed by atoms with E-state index in [2.05, 4.69) is 19.7 Å². The lowest BCUT2D eigenvalue weighted by Crippen LogP contribution is -3.10. The van der Waals surface area contributed by atoms with E-state index in [1.54, 1.807) is 0 Å². The SMILES string of the molecule is C[NH+]1CCC(OC(=O)CCS)CC1. The molecule has 0 saturated carbocycles. The molecular formula is C9H18NO2S+. The Morgan fingerprint density at radius 2 is 2.15 bits per heavy atom. The smallest absolute Gasteiger partial charge is 0.306 e. The maximum atomic E-state index is 11.1. The number of thiol groups is 1. The molecule has 1 heterocycles. The van der Waals surface area contributed by atoms with Crippen molar-refractivity contribution in [1.29, 1.82) is 0 Å². The minimum Gasteiger partial charge on any atom is -0.462 e. The Hall–Kier alpha value is -0.220. The molecule has 0 unspecified atom stereocenters. The summed E-state index contributed by atoms with van der Waals surface area (Å²) in [5.41, 5.74) is 0. The molecule has 1 aliphatic heterocycles. The van der Waals surface area contributed by atoms with Gasteiger partial charge < -0.3 is 9.64 Å². The fourth-order valence-electron chi connectivity index (χ4n) is 1.54. The molecule has 4 heteroatoms. The minimum atomic E-state index is -0.0976. The predicted octanol–water partition coefficient (Wildman–Crippen LogP) is -0.473. The number of carbonyl (C=O) groups is 1. The molecule has 0 radical (unpaired) electrons. The molecule has 1 saturated heterocycles. The van der Waals surface area contributed by atoms with E-state index < -0.39 is 0 Å². The quantitative estimate of drug-likeness (QED) is 0.481. The highest BCUT2D eigenvalue weighted by Crippen LogP contribution is 2.06. The molecule has 0 bridgehead atoms. The Morgan fingerprint density at radius 3 is 2.69 bits per heavy atom. The first-order chi connectivity index (χ1) is 6.22. The second-order valence-corrected chi connectivity index (χ2v) is 4.07. The molecule has 1 fully saturated rings. The van der Waals surface area contributed by atoms with Gasteiger partial charge in [0.15, 0.2) is 0 Å². The molecule has 0 amide bonds. The van der Waals surface area contributed by atoms with Gasteiger partial charge in [-0.1, -0.05) is 0 Å². The zero-order valence-electron chi connectivity index (χ0n) is 8.08. The van der Waals surface area contributed by atoms with E-state index in [1.807, 2.05) is 0 Å². The molecular weight excluding hydrogens is 186 g/mol. The van der Waals surface area contributed by atoms with E-state index in [0.717, 1.165) is 25.9 Å².